The van der Waals surface area contributed by atoms with Crippen LogP contribution in [-0.2, 0) is 11.2 Å². The fraction of sp³-hybridized carbons (Fsp3) is 0.235. The van der Waals surface area contributed by atoms with Crippen LogP contribution in [0.15, 0.2) is 65.6 Å². The molecule has 0 unspecified atom stereocenters. The number of carbonyl (C=O) groups is 1. The fourth-order valence-corrected chi connectivity index (χ4v) is 2.73. The Morgan fingerprint density at radius 2 is 1.60 bits per heavy atom. The third-order valence-corrected chi connectivity index (χ3v) is 3.93. The molecule has 1 N–H and O–H groups in total. The smallest absolute Gasteiger partial charge is 0.220 e. The minimum Gasteiger partial charge on any atom is -0.356 e. The van der Waals surface area contributed by atoms with E-state index in [-0.39, 0.29) is 5.91 Å². The zero-order valence-electron chi connectivity index (χ0n) is 11.4. The number of rotatable bonds is 7. The molecule has 0 atom stereocenters. The molecule has 0 bridgehead atoms. The van der Waals surface area contributed by atoms with Crippen molar-refractivity contribution in [3.63, 3.8) is 0 Å². The first-order chi connectivity index (χ1) is 9.84. The highest BCUT2D eigenvalue weighted by molar-refractivity contribution is 7.99. The van der Waals surface area contributed by atoms with Crippen LogP contribution < -0.4 is 5.32 Å². The predicted octanol–water partition coefficient (Wildman–Crippen LogP) is 3.53. The molecule has 2 rings (SSSR count). The molecule has 0 radical (unpaired) electrons. The molecule has 20 heavy (non-hydrogen) atoms. The summed E-state index contributed by atoms with van der Waals surface area (Å²) in [4.78, 5) is 12.9. The van der Waals surface area contributed by atoms with E-state index in [1.165, 1.54) is 10.5 Å². The molecule has 0 saturated heterocycles. The van der Waals surface area contributed by atoms with Gasteiger partial charge >= 0.3 is 0 Å². The summed E-state index contributed by atoms with van der Waals surface area (Å²) in [7, 11) is 0. The van der Waals surface area contributed by atoms with E-state index in [0.29, 0.717) is 13.0 Å². The Labute approximate surface area is 124 Å². The molecule has 0 fully saturated rings. The van der Waals surface area contributed by atoms with Crippen molar-refractivity contribution in [2.24, 2.45) is 0 Å². The van der Waals surface area contributed by atoms with E-state index in [9.17, 15) is 4.79 Å². The zero-order valence-corrected chi connectivity index (χ0v) is 12.2. The normalized spacial score (nSPS) is 10.2. The molecule has 0 saturated carbocycles. The lowest BCUT2D eigenvalue weighted by molar-refractivity contribution is -0.120. The summed E-state index contributed by atoms with van der Waals surface area (Å²) in [6.45, 7) is 0.707. The molecule has 0 heterocycles. The number of hydrogen-bond donors (Lipinski definition) is 1. The number of hydrogen-bond acceptors (Lipinski definition) is 2. The first-order valence-electron chi connectivity index (χ1n) is 6.83. The molecule has 1 amide bonds. The first-order valence-corrected chi connectivity index (χ1v) is 7.81. The van der Waals surface area contributed by atoms with Crippen molar-refractivity contribution >= 4 is 17.7 Å². The Balaban J connectivity index is 1.59. The molecule has 0 aliphatic heterocycles. The van der Waals surface area contributed by atoms with E-state index < -0.39 is 0 Å². The van der Waals surface area contributed by atoms with Crippen LogP contribution in [0.2, 0.25) is 0 Å². The summed E-state index contributed by atoms with van der Waals surface area (Å²) >= 11 is 1.72. The highest BCUT2D eigenvalue weighted by Crippen LogP contribution is 2.17. The van der Waals surface area contributed by atoms with Crippen molar-refractivity contribution < 1.29 is 4.79 Å². The second-order valence-electron chi connectivity index (χ2n) is 4.50. The summed E-state index contributed by atoms with van der Waals surface area (Å²) in [5.74, 6) is 0.950. The van der Waals surface area contributed by atoms with Crippen molar-refractivity contribution in [2.75, 3.05) is 12.3 Å². The molecule has 3 heteroatoms. The Hall–Kier alpha value is -1.74. The summed E-state index contributed by atoms with van der Waals surface area (Å²) in [5, 5.41) is 2.97. The molecular formula is C17H19NOS. The summed E-state index contributed by atoms with van der Waals surface area (Å²) in [6, 6.07) is 20.4. The summed E-state index contributed by atoms with van der Waals surface area (Å²) in [5.41, 5.74) is 1.26. The second kappa shape index (κ2) is 8.43. The quantitative estimate of drug-likeness (QED) is 0.789. The Bertz CT molecular complexity index is 466. The topological polar surface area (TPSA) is 29.1 Å². The lowest BCUT2D eigenvalue weighted by Gasteiger charge is -2.05. The SMILES string of the molecule is O=C(CCSc1ccccc1)NCCc1ccccc1. The van der Waals surface area contributed by atoms with Gasteiger partial charge in [-0.1, -0.05) is 48.5 Å². The van der Waals surface area contributed by atoms with Gasteiger partial charge in [0.1, 0.15) is 0 Å². The van der Waals surface area contributed by atoms with Gasteiger partial charge in [-0.05, 0) is 24.1 Å². The van der Waals surface area contributed by atoms with Gasteiger partial charge in [0, 0.05) is 23.6 Å². The van der Waals surface area contributed by atoms with Gasteiger partial charge in [0.25, 0.3) is 0 Å². The average molecular weight is 285 g/mol. The van der Waals surface area contributed by atoms with Crippen molar-refractivity contribution in [2.45, 2.75) is 17.7 Å². The maximum absolute atomic E-state index is 11.7. The maximum Gasteiger partial charge on any atom is 0.220 e. The average Bonchev–Trinajstić information content (AvgIpc) is 2.49. The Kier molecular flexibility index (Phi) is 6.18. The fourth-order valence-electron chi connectivity index (χ4n) is 1.86. The molecular weight excluding hydrogens is 266 g/mol. The minimum atomic E-state index is 0.129. The molecule has 104 valence electrons. The monoisotopic (exact) mass is 285 g/mol. The standard InChI is InChI=1S/C17H19NOS/c19-17(12-14-20-16-9-5-2-6-10-16)18-13-11-15-7-3-1-4-8-15/h1-10H,11-14H2,(H,18,19). The van der Waals surface area contributed by atoms with E-state index in [4.69, 9.17) is 0 Å². The Morgan fingerprint density at radius 3 is 2.30 bits per heavy atom. The third-order valence-electron chi connectivity index (χ3n) is 2.92. The maximum atomic E-state index is 11.7. The van der Waals surface area contributed by atoms with Crippen LogP contribution in [0.4, 0.5) is 0 Å². The lowest BCUT2D eigenvalue weighted by atomic mass is 10.1. The number of nitrogens with one attached hydrogen (secondary N) is 1. The van der Waals surface area contributed by atoms with E-state index >= 15 is 0 Å². The van der Waals surface area contributed by atoms with Gasteiger partial charge in [-0.15, -0.1) is 11.8 Å². The van der Waals surface area contributed by atoms with Crippen LogP contribution in [-0.4, -0.2) is 18.2 Å². The number of thioether (sulfide) groups is 1. The number of carbonyl (C=O) groups excluding carboxylic acids is 1. The van der Waals surface area contributed by atoms with Crippen LogP contribution in [0.5, 0.6) is 0 Å². The summed E-state index contributed by atoms with van der Waals surface area (Å²) < 4.78 is 0. The van der Waals surface area contributed by atoms with Gasteiger partial charge in [0.15, 0.2) is 0 Å². The van der Waals surface area contributed by atoms with Crippen LogP contribution in [0.3, 0.4) is 0 Å². The van der Waals surface area contributed by atoms with Gasteiger partial charge in [0.05, 0.1) is 0 Å². The van der Waals surface area contributed by atoms with Gasteiger partial charge < -0.3 is 5.32 Å². The first kappa shape index (κ1) is 14.7. The lowest BCUT2D eigenvalue weighted by Crippen LogP contribution is -2.25. The van der Waals surface area contributed by atoms with Gasteiger partial charge in [-0.2, -0.15) is 0 Å². The second-order valence-corrected chi connectivity index (χ2v) is 5.67. The highest BCUT2D eigenvalue weighted by Gasteiger charge is 2.01. The van der Waals surface area contributed by atoms with Crippen molar-refractivity contribution in [1.82, 2.24) is 5.32 Å². The molecule has 2 aromatic rings. The Morgan fingerprint density at radius 1 is 0.950 bits per heavy atom. The molecule has 2 aromatic carbocycles. The van der Waals surface area contributed by atoms with Crippen LogP contribution >= 0.6 is 11.8 Å². The van der Waals surface area contributed by atoms with Gasteiger partial charge in [-0.25, -0.2) is 0 Å². The predicted molar refractivity (Wildman–Crippen MR) is 84.9 cm³/mol. The van der Waals surface area contributed by atoms with Crippen molar-refractivity contribution in [3.8, 4) is 0 Å². The van der Waals surface area contributed by atoms with Gasteiger partial charge in [0.2, 0.25) is 5.91 Å². The molecule has 0 aliphatic rings. The van der Waals surface area contributed by atoms with Crippen molar-refractivity contribution in [1.29, 1.82) is 0 Å². The number of benzene rings is 2. The minimum absolute atomic E-state index is 0.129. The van der Waals surface area contributed by atoms with E-state index in [1.54, 1.807) is 11.8 Å². The van der Waals surface area contributed by atoms with Crippen molar-refractivity contribution in [3.05, 3.63) is 66.2 Å². The summed E-state index contributed by atoms with van der Waals surface area (Å²) in [6.07, 6.45) is 1.45. The molecule has 2 nitrogen and oxygen atoms in total. The molecule has 0 aliphatic carbocycles. The van der Waals surface area contributed by atoms with Crippen LogP contribution in [0, 0.1) is 0 Å². The number of amides is 1. The largest absolute Gasteiger partial charge is 0.356 e. The van der Waals surface area contributed by atoms with E-state index in [1.807, 2.05) is 36.4 Å². The highest BCUT2D eigenvalue weighted by atomic mass is 32.2. The van der Waals surface area contributed by atoms with E-state index in [0.717, 1.165) is 12.2 Å². The van der Waals surface area contributed by atoms with E-state index in [2.05, 4.69) is 29.6 Å². The van der Waals surface area contributed by atoms with Crippen LogP contribution in [0.25, 0.3) is 0 Å². The molecule has 0 spiro atoms. The zero-order chi connectivity index (χ0) is 14.0. The van der Waals surface area contributed by atoms with Crippen LogP contribution in [0.1, 0.15) is 12.0 Å². The third kappa shape index (κ3) is 5.49. The van der Waals surface area contributed by atoms with Gasteiger partial charge in [-0.3, -0.25) is 4.79 Å². The molecule has 0 aromatic heterocycles.